The molecule has 27 heavy (non-hydrogen) atoms. The number of alkyl halides is 1. The van der Waals surface area contributed by atoms with Crippen molar-refractivity contribution in [1.82, 2.24) is 0 Å². The highest BCUT2D eigenvalue weighted by Crippen LogP contribution is 2.18. The van der Waals surface area contributed by atoms with Gasteiger partial charge in [0, 0.05) is 11.8 Å². The number of quaternary nitrogens is 1. The van der Waals surface area contributed by atoms with Gasteiger partial charge < -0.3 is 22.0 Å². The molecule has 2 nitrogen and oxygen atoms in total. The van der Waals surface area contributed by atoms with Gasteiger partial charge in [-0.1, -0.05) is 77.6 Å². The molecular formula is C23H49Cl2NO. The fourth-order valence-corrected chi connectivity index (χ4v) is 4.29. The SMILES string of the molecule is CCCCCCCCCCCCCC(Cl)CC[N+](CC)(CC)CC(C)O.[Cl-]. The number of unbranched alkanes of at least 4 members (excludes halogenated alkanes) is 10. The van der Waals surface area contributed by atoms with Crippen LogP contribution in [-0.4, -0.2) is 47.2 Å². The van der Waals surface area contributed by atoms with E-state index in [0.29, 0.717) is 5.38 Å². The van der Waals surface area contributed by atoms with Crippen molar-refractivity contribution in [3.8, 4) is 0 Å². The van der Waals surface area contributed by atoms with Gasteiger partial charge in [0.1, 0.15) is 12.6 Å². The van der Waals surface area contributed by atoms with Crippen LogP contribution >= 0.6 is 11.6 Å². The van der Waals surface area contributed by atoms with Gasteiger partial charge >= 0.3 is 0 Å². The predicted molar refractivity (Wildman–Crippen MR) is 118 cm³/mol. The zero-order chi connectivity index (χ0) is 19.7. The van der Waals surface area contributed by atoms with Gasteiger partial charge in [0.15, 0.2) is 0 Å². The number of aliphatic hydroxyl groups is 1. The summed E-state index contributed by atoms with van der Waals surface area (Å²) in [6.07, 6.45) is 17.3. The van der Waals surface area contributed by atoms with Crippen molar-refractivity contribution in [3.05, 3.63) is 0 Å². The monoisotopic (exact) mass is 425 g/mol. The van der Waals surface area contributed by atoms with Crippen molar-refractivity contribution in [2.45, 2.75) is 123 Å². The van der Waals surface area contributed by atoms with Gasteiger partial charge in [-0.2, -0.15) is 0 Å². The molecular weight excluding hydrogens is 377 g/mol. The van der Waals surface area contributed by atoms with Gasteiger partial charge in [-0.15, -0.1) is 11.6 Å². The van der Waals surface area contributed by atoms with Gasteiger partial charge in [-0.3, -0.25) is 0 Å². The molecule has 4 heteroatoms. The van der Waals surface area contributed by atoms with Crippen molar-refractivity contribution in [2.24, 2.45) is 0 Å². The summed E-state index contributed by atoms with van der Waals surface area (Å²) < 4.78 is 0.999. The molecule has 2 atom stereocenters. The van der Waals surface area contributed by atoms with Crippen molar-refractivity contribution >= 4 is 11.6 Å². The molecule has 0 amide bonds. The molecule has 0 saturated carbocycles. The quantitative estimate of drug-likeness (QED) is 0.189. The first-order valence-corrected chi connectivity index (χ1v) is 12.1. The lowest BCUT2D eigenvalue weighted by Gasteiger charge is -2.38. The average Bonchev–Trinajstić information content (AvgIpc) is 2.63. The Labute approximate surface area is 182 Å². The molecule has 0 rings (SSSR count). The second kappa shape index (κ2) is 19.8. The minimum absolute atomic E-state index is 0. The van der Waals surface area contributed by atoms with E-state index in [4.69, 9.17) is 11.6 Å². The summed E-state index contributed by atoms with van der Waals surface area (Å²) in [5.74, 6) is 0. The van der Waals surface area contributed by atoms with Crippen LogP contribution in [0.4, 0.5) is 0 Å². The van der Waals surface area contributed by atoms with Crippen LogP contribution in [0.15, 0.2) is 0 Å². The Morgan fingerprint density at radius 1 is 0.741 bits per heavy atom. The Hall–Kier alpha value is 0.500. The molecule has 0 aliphatic carbocycles. The molecule has 2 unspecified atom stereocenters. The first kappa shape index (κ1) is 29.7. The number of hydrogen-bond acceptors (Lipinski definition) is 1. The number of hydrogen-bond donors (Lipinski definition) is 1. The van der Waals surface area contributed by atoms with E-state index in [1.54, 1.807) is 0 Å². The molecule has 0 radical (unpaired) electrons. The molecule has 0 aliphatic rings. The first-order valence-electron chi connectivity index (χ1n) is 11.7. The number of aliphatic hydroxyl groups excluding tert-OH is 1. The van der Waals surface area contributed by atoms with E-state index in [0.717, 1.165) is 43.5 Å². The average molecular weight is 427 g/mol. The maximum atomic E-state index is 9.78. The summed E-state index contributed by atoms with van der Waals surface area (Å²) in [5.41, 5.74) is 0. The maximum absolute atomic E-state index is 9.78. The Kier molecular flexibility index (Phi) is 21.8. The first-order chi connectivity index (χ1) is 12.5. The molecule has 0 heterocycles. The Balaban J connectivity index is 0. The van der Waals surface area contributed by atoms with Crippen LogP contribution in [0.3, 0.4) is 0 Å². The van der Waals surface area contributed by atoms with Gasteiger partial charge in [0.25, 0.3) is 0 Å². The molecule has 0 spiro atoms. The third-order valence-electron chi connectivity index (χ3n) is 6.03. The normalized spacial score (nSPS) is 14.0. The van der Waals surface area contributed by atoms with Crippen LogP contribution in [0.25, 0.3) is 0 Å². The number of halogens is 2. The molecule has 166 valence electrons. The van der Waals surface area contributed by atoms with E-state index in [-0.39, 0.29) is 18.5 Å². The maximum Gasteiger partial charge on any atom is 0.105 e. The van der Waals surface area contributed by atoms with Crippen LogP contribution in [0.1, 0.15) is 111 Å². The predicted octanol–water partition coefficient (Wildman–Crippen LogP) is 3.93. The zero-order valence-electron chi connectivity index (χ0n) is 18.8. The van der Waals surface area contributed by atoms with E-state index >= 15 is 0 Å². The number of nitrogens with zero attached hydrogens (tertiary/aromatic N) is 1. The number of rotatable bonds is 19. The van der Waals surface area contributed by atoms with Gasteiger partial charge in [-0.25, -0.2) is 0 Å². The minimum Gasteiger partial charge on any atom is -1.00 e. The number of likely N-dealkylation sites (N-methyl/N-ethyl adjacent to an activating group) is 1. The van der Waals surface area contributed by atoms with Crippen LogP contribution in [0, 0.1) is 0 Å². The topological polar surface area (TPSA) is 20.2 Å². The molecule has 0 saturated heterocycles. The second-order valence-electron chi connectivity index (χ2n) is 8.44. The highest BCUT2D eigenvalue weighted by Gasteiger charge is 2.26. The van der Waals surface area contributed by atoms with Gasteiger partial charge in [0.2, 0.25) is 0 Å². The van der Waals surface area contributed by atoms with Crippen molar-refractivity contribution in [2.75, 3.05) is 26.2 Å². The molecule has 0 aliphatic heterocycles. The molecule has 0 aromatic carbocycles. The van der Waals surface area contributed by atoms with E-state index in [1.807, 2.05) is 6.92 Å². The lowest BCUT2D eigenvalue weighted by Crippen LogP contribution is -3.00. The third-order valence-corrected chi connectivity index (χ3v) is 6.47. The molecule has 0 fully saturated rings. The molecule has 0 aromatic heterocycles. The lowest BCUT2D eigenvalue weighted by atomic mass is 10.0. The third kappa shape index (κ3) is 17.1. The van der Waals surface area contributed by atoms with Crippen LogP contribution in [0.5, 0.6) is 0 Å². The molecule has 0 aromatic rings. The lowest BCUT2D eigenvalue weighted by molar-refractivity contribution is -0.927. The summed E-state index contributed by atoms with van der Waals surface area (Å²) in [6, 6.07) is 0. The van der Waals surface area contributed by atoms with E-state index in [2.05, 4.69) is 20.8 Å². The fraction of sp³-hybridized carbons (Fsp3) is 1.00. The fourth-order valence-electron chi connectivity index (χ4n) is 4.04. The van der Waals surface area contributed by atoms with Crippen molar-refractivity contribution in [3.63, 3.8) is 0 Å². The summed E-state index contributed by atoms with van der Waals surface area (Å²) in [5, 5.41) is 10.1. The Morgan fingerprint density at radius 2 is 1.19 bits per heavy atom. The van der Waals surface area contributed by atoms with Crippen LogP contribution in [-0.2, 0) is 0 Å². The van der Waals surface area contributed by atoms with Crippen molar-refractivity contribution < 1.29 is 22.0 Å². The Morgan fingerprint density at radius 3 is 1.59 bits per heavy atom. The van der Waals surface area contributed by atoms with E-state index in [9.17, 15) is 5.11 Å². The zero-order valence-corrected chi connectivity index (χ0v) is 20.3. The minimum atomic E-state index is -0.227. The Bertz CT molecular complexity index is 296. The van der Waals surface area contributed by atoms with E-state index in [1.165, 1.54) is 70.6 Å². The molecule has 0 bridgehead atoms. The smallest absolute Gasteiger partial charge is 0.105 e. The molecule has 1 N–H and O–H groups in total. The standard InChI is InChI=1S/C23H49ClNO.ClH/c1-5-8-9-10-11-12-13-14-15-16-17-18-23(24)19-20-25(6-2,7-3)21-22(4)26;/h22-23,26H,5-21H2,1-4H3;1H/q+1;/p-1. The highest BCUT2D eigenvalue weighted by molar-refractivity contribution is 6.20. The highest BCUT2D eigenvalue weighted by atomic mass is 35.5. The second-order valence-corrected chi connectivity index (χ2v) is 9.06. The van der Waals surface area contributed by atoms with Gasteiger partial charge in [0.05, 0.1) is 19.6 Å². The van der Waals surface area contributed by atoms with Gasteiger partial charge in [-0.05, 0) is 27.2 Å². The summed E-state index contributed by atoms with van der Waals surface area (Å²) in [7, 11) is 0. The largest absolute Gasteiger partial charge is 1.00 e. The summed E-state index contributed by atoms with van der Waals surface area (Å²) in [4.78, 5) is 0. The summed E-state index contributed by atoms with van der Waals surface area (Å²) in [6.45, 7) is 12.8. The van der Waals surface area contributed by atoms with Crippen molar-refractivity contribution in [1.29, 1.82) is 0 Å². The summed E-state index contributed by atoms with van der Waals surface area (Å²) >= 11 is 6.59. The van der Waals surface area contributed by atoms with Crippen LogP contribution < -0.4 is 12.4 Å². The van der Waals surface area contributed by atoms with E-state index < -0.39 is 0 Å². The van der Waals surface area contributed by atoms with Crippen LogP contribution in [0.2, 0.25) is 0 Å².